The Morgan fingerprint density at radius 1 is 0.733 bits per heavy atom. The first-order chi connectivity index (χ1) is 6.81. The Labute approximate surface area is 101 Å². The van der Waals surface area contributed by atoms with E-state index < -0.39 is 21.6 Å². The Morgan fingerprint density at radius 2 is 1.00 bits per heavy atom. The third-order valence-corrected chi connectivity index (χ3v) is 9.93. The van der Waals surface area contributed by atoms with Gasteiger partial charge in [-0.2, -0.15) is 0 Å². The van der Waals surface area contributed by atoms with Crippen LogP contribution in [0.1, 0.15) is 48.5 Å². The van der Waals surface area contributed by atoms with Gasteiger partial charge in [0.25, 0.3) is 0 Å². The van der Waals surface area contributed by atoms with Crippen molar-refractivity contribution in [1.29, 1.82) is 0 Å². The third-order valence-electron chi connectivity index (χ3n) is 1.68. The fraction of sp³-hybridized carbons (Fsp3) is 1.00. The average Bonchev–Trinajstić information content (AvgIpc) is 1.99. The molecule has 0 aromatic carbocycles. The van der Waals surface area contributed by atoms with Gasteiger partial charge in [-0.25, -0.2) is 0 Å². The summed E-state index contributed by atoms with van der Waals surface area (Å²) in [5.41, 5.74) is 0. The van der Waals surface area contributed by atoms with Crippen LogP contribution in [0.3, 0.4) is 0 Å². The monoisotopic (exact) mass is 296 g/mol. The van der Waals surface area contributed by atoms with Crippen LogP contribution in [0.15, 0.2) is 0 Å². The molecule has 0 atom stereocenters. The van der Waals surface area contributed by atoms with E-state index in [1.54, 1.807) is 0 Å². The third kappa shape index (κ3) is 6.83. The minimum absolute atomic E-state index is 0.179. The van der Waals surface area contributed by atoms with Crippen molar-refractivity contribution in [1.82, 2.24) is 0 Å². The Kier molecular flexibility index (Phi) is 7.52. The van der Waals surface area contributed by atoms with Gasteiger partial charge < -0.3 is 0 Å². The molecule has 0 unspecified atom stereocenters. The van der Waals surface area contributed by atoms with Crippen LogP contribution in [0.4, 0.5) is 0 Å². The Morgan fingerprint density at radius 3 is 1.13 bits per heavy atom. The molecule has 92 valence electrons. The molecular formula is C11H26O3Zr. The summed E-state index contributed by atoms with van der Waals surface area (Å²) in [6.45, 7) is 14.3. The zero-order chi connectivity index (χ0) is 12.1. The fourth-order valence-corrected chi connectivity index (χ4v) is 8.35. The maximum atomic E-state index is 5.97. The van der Waals surface area contributed by atoms with Gasteiger partial charge in [-0.3, -0.25) is 0 Å². The summed E-state index contributed by atoms with van der Waals surface area (Å²) >= 11 is -3.26. The van der Waals surface area contributed by atoms with Crippen LogP contribution in [0.2, 0.25) is 4.13 Å². The summed E-state index contributed by atoms with van der Waals surface area (Å²) in [7, 11) is 0. The van der Waals surface area contributed by atoms with E-state index >= 15 is 0 Å². The quantitative estimate of drug-likeness (QED) is 0.718. The van der Waals surface area contributed by atoms with Crippen LogP contribution < -0.4 is 0 Å². The van der Waals surface area contributed by atoms with E-state index in [1.165, 1.54) is 0 Å². The second-order valence-electron chi connectivity index (χ2n) is 4.54. The molecule has 0 amide bonds. The summed E-state index contributed by atoms with van der Waals surface area (Å²) in [5, 5.41) is 0. The Bertz CT molecular complexity index is 143. The predicted octanol–water partition coefficient (Wildman–Crippen LogP) is 3.60. The van der Waals surface area contributed by atoms with Gasteiger partial charge in [0.05, 0.1) is 0 Å². The normalized spacial score (nSPS) is 13.2. The molecule has 0 aliphatic rings. The van der Waals surface area contributed by atoms with Crippen LogP contribution in [-0.4, -0.2) is 18.3 Å². The van der Waals surface area contributed by atoms with Crippen molar-refractivity contribution < 1.29 is 30.0 Å². The van der Waals surface area contributed by atoms with Gasteiger partial charge in [0.1, 0.15) is 0 Å². The van der Waals surface area contributed by atoms with Gasteiger partial charge in [0, 0.05) is 0 Å². The van der Waals surface area contributed by atoms with Gasteiger partial charge in [-0.05, 0) is 0 Å². The van der Waals surface area contributed by atoms with Crippen molar-refractivity contribution in [3.8, 4) is 0 Å². The average molecular weight is 298 g/mol. The Balaban J connectivity index is 4.59. The molecule has 0 heterocycles. The van der Waals surface area contributed by atoms with E-state index in [0.29, 0.717) is 0 Å². The molecule has 15 heavy (non-hydrogen) atoms. The molecule has 0 N–H and O–H groups in total. The summed E-state index contributed by atoms with van der Waals surface area (Å²) in [6.07, 6.45) is 0.537. The van der Waals surface area contributed by atoms with Crippen molar-refractivity contribution in [2.24, 2.45) is 0 Å². The van der Waals surface area contributed by atoms with Crippen LogP contribution in [0.5, 0.6) is 0 Å². The first-order valence-electron chi connectivity index (χ1n) is 5.84. The van der Waals surface area contributed by atoms with E-state index in [-0.39, 0.29) is 18.3 Å². The molecule has 0 aliphatic heterocycles. The Hall–Kier alpha value is 0.763. The van der Waals surface area contributed by atoms with Crippen LogP contribution >= 0.6 is 0 Å². The van der Waals surface area contributed by atoms with E-state index in [2.05, 4.69) is 6.92 Å². The molecule has 0 aromatic rings. The van der Waals surface area contributed by atoms with E-state index in [9.17, 15) is 0 Å². The van der Waals surface area contributed by atoms with E-state index in [4.69, 9.17) is 8.44 Å². The number of hydrogen-bond donors (Lipinski definition) is 0. The number of rotatable bonds is 7. The topological polar surface area (TPSA) is 27.7 Å². The summed E-state index contributed by atoms with van der Waals surface area (Å²) in [4.78, 5) is 0. The van der Waals surface area contributed by atoms with Gasteiger partial charge in [0.15, 0.2) is 0 Å². The second kappa shape index (κ2) is 7.16. The summed E-state index contributed by atoms with van der Waals surface area (Å²) in [5.74, 6) is 0. The molecule has 0 rings (SSSR count). The molecule has 3 nitrogen and oxygen atoms in total. The summed E-state index contributed by atoms with van der Waals surface area (Å²) < 4.78 is 18.8. The van der Waals surface area contributed by atoms with Crippen molar-refractivity contribution >= 4 is 0 Å². The molecule has 0 spiro atoms. The molecule has 4 heteroatoms. The first-order valence-corrected chi connectivity index (χ1v) is 10.6. The molecule has 0 saturated heterocycles. The molecular weight excluding hydrogens is 271 g/mol. The van der Waals surface area contributed by atoms with Crippen molar-refractivity contribution in [2.45, 2.75) is 70.9 Å². The molecule has 0 aromatic heterocycles. The standard InChI is InChI=1S/3C3H7O.C2H5.Zr/c3*1-3(2)4;1-2;/h3*3H,1-2H3;1H2,2H3;/q3*-1;;+3. The summed E-state index contributed by atoms with van der Waals surface area (Å²) in [6, 6.07) is 0. The number of hydrogen-bond acceptors (Lipinski definition) is 3. The fourth-order valence-electron chi connectivity index (χ4n) is 1.41. The molecule has 0 aliphatic carbocycles. The van der Waals surface area contributed by atoms with Crippen molar-refractivity contribution in [3.63, 3.8) is 0 Å². The van der Waals surface area contributed by atoms with E-state index in [0.717, 1.165) is 4.13 Å². The van der Waals surface area contributed by atoms with Crippen molar-refractivity contribution in [3.05, 3.63) is 0 Å². The predicted molar refractivity (Wildman–Crippen MR) is 59.1 cm³/mol. The molecule has 0 saturated carbocycles. The molecule has 0 bridgehead atoms. The van der Waals surface area contributed by atoms with Gasteiger partial charge in [0.2, 0.25) is 0 Å². The van der Waals surface area contributed by atoms with E-state index in [1.807, 2.05) is 41.5 Å². The zero-order valence-electron chi connectivity index (χ0n) is 11.2. The van der Waals surface area contributed by atoms with Crippen molar-refractivity contribution in [2.75, 3.05) is 0 Å². The van der Waals surface area contributed by atoms with Gasteiger partial charge >= 0.3 is 101 Å². The minimum atomic E-state index is -3.26. The SMILES string of the molecule is C[CH2][Zr]([O]C(C)C)([O]C(C)C)[O]C(C)C. The van der Waals surface area contributed by atoms with Crippen LogP contribution in [-0.2, 0) is 30.0 Å². The molecule has 0 radical (unpaired) electrons. The first kappa shape index (κ1) is 15.8. The van der Waals surface area contributed by atoms with Gasteiger partial charge in [-0.1, -0.05) is 0 Å². The molecule has 0 fully saturated rings. The van der Waals surface area contributed by atoms with Crippen LogP contribution in [0.25, 0.3) is 0 Å². The maximum absolute atomic E-state index is 5.97. The second-order valence-corrected chi connectivity index (χ2v) is 11.4. The zero-order valence-corrected chi connectivity index (χ0v) is 13.6. The van der Waals surface area contributed by atoms with Crippen LogP contribution in [0, 0.1) is 0 Å². The van der Waals surface area contributed by atoms with Gasteiger partial charge in [-0.15, -0.1) is 0 Å².